The molecule has 1 amide bonds. The number of piperidine rings is 1. The maximum atomic E-state index is 12.9. The van der Waals surface area contributed by atoms with Crippen molar-refractivity contribution in [2.24, 2.45) is 5.92 Å². The van der Waals surface area contributed by atoms with Gasteiger partial charge in [-0.05, 0) is 49.6 Å². The lowest BCUT2D eigenvalue weighted by molar-refractivity contribution is -0.125. The van der Waals surface area contributed by atoms with Crippen LogP contribution in [0.15, 0.2) is 61.1 Å². The van der Waals surface area contributed by atoms with Gasteiger partial charge in [-0.25, -0.2) is 14.6 Å². The van der Waals surface area contributed by atoms with E-state index in [0.717, 1.165) is 41.8 Å². The Balaban J connectivity index is 1.33. The second-order valence-corrected chi connectivity index (χ2v) is 8.91. The van der Waals surface area contributed by atoms with Crippen molar-refractivity contribution in [2.75, 3.05) is 18.0 Å². The molecule has 4 aromatic rings. The van der Waals surface area contributed by atoms with Crippen molar-refractivity contribution in [1.29, 1.82) is 0 Å². The molecule has 0 radical (unpaired) electrons. The number of rotatable bonds is 5. The van der Waals surface area contributed by atoms with Crippen molar-refractivity contribution >= 4 is 34.4 Å². The number of hydrogen-bond donors (Lipinski definition) is 1. The molecular formula is C25H25ClN6O. The Morgan fingerprint density at radius 1 is 1.18 bits per heavy atom. The predicted octanol–water partition coefficient (Wildman–Crippen LogP) is 4.31. The highest BCUT2D eigenvalue weighted by molar-refractivity contribution is 6.30. The number of nitrogens with one attached hydrogen (secondary N) is 1. The lowest BCUT2D eigenvalue weighted by Crippen LogP contribution is -2.43. The van der Waals surface area contributed by atoms with Gasteiger partial charge in [-0.3, -0.25) is 4.79 Å². The second-order valence-electron chi connectivity index (χ2n) is 8.48. The van der Waals surface area contributed by atoms with Crippen LogP contribution >= 0.6 is 11.6 Å². The molecule has 2 aromatic heterocycles. The molecule has 1 aliphatic heterocycles. The average Bonchev–Trinajstić information content (AvgIpc) is 3.27. The number of benzene rings is 2. The minimum Gasteiger partial charge on any atom is -0.355 e. The van der Waals surface area contributed by atoms with Gasteiger partial charge in [0.15, 0.2) is 5.65 Å². The third kappa shape index (κ3) is 4.68. The number of aromatic nitrogens is 4. The van der Waals surface area contributed by atoms with Crippen LogP contribution in [0.1, 0.15) is 24.0 Å². The molecule has 33 heavy (non-hydrogen) atoms. The maximum Gasteiger partial charge on any atom is 0.225 e. The third-order valence-corrected chi connectivity index (χ3v) is 6.28. The van der Waals surface area contributed by atoms with E-state index in [0.29, 0.717) is 23.8 Å². The van der Waals surface area contributed by atoms with Crippen molar-refractivity contribution in [3.05, 3.63) is 77.2 Å². The zero-order valence-electron chi connectivity index (χ0n) is 18.4. The number of hydrogen-bond acceptors (Lipinski definition) is 5. The van der Waals surface area contributed by atoms with E-state index in [9.17, 15) is 4.79 Å². The number of nitrogens with zero attached hydrogens (tertiary/aromatic N) is 5. The van der Waals surface area contributed by atoms with Crippen LogP contribution in [0.4, 0.5) is 5.82 Å². The molecule has 8 heteroatoms. The Kier molecular flexibility index (Phi) is 5.96. The molecule has 1 saturated heterocycles. The standard InChI is InChI=1S/C25H25ClN6O/c1-17-7-9-21(10-8-17)32-15-22-23(30-32)28-16-29-24(22)31-11-3-5-19(14-31)25(33)27-13-18-4-2-6-20(26)12-18/h2,4,6-10,12,15-16,19H,3,5,11,13-14H2,1H3,(H,27,33)/t19-/m1/s1. The number of aryl methyl sites for hydroxylation is 1. The first-order chi connectivity index (χ1) is 16.1. The molecular weight excluding hydrogens is 436 g/mol. The summed E-state index contributed by atoms with van der Waals surface area (Å²) in [5.74, 6) is 0.779. The summed E-state index contributed by atoms with van der Waals surface area (Å²) in [6.07, 6.45) is 5.30. The first-order valence-electron chi connectivity index (χ1n) is 11.1. The number of carbonyl (C=O) groups excluding carboxylic acids is 1. The van der Waals surface area contributed by atoms with E-state index in [1.165, 1.54) is 5.56 Å². The van der Waals surface area contributed by atoms with Gasteiger partial charge in [0.25, 0.3) is 0 Å². The normalized spacial score (nSPS) is 16.2. The van der Waals surface area contributed by atoms with Crippen LogP contribution in [0.2, 0.25) is 5.02 Å². The Morgan fingerprint density at radius 2 is 2.03 bits per heavy atom. The van der Waals surface area contributed by atoms with Gasteiger partial charge in [-0.2, -0.15) is 0 Å². The van der Waals surface area contributed by atoms with Gasteiger partial charge in [0.1, 0.15) is 12.1 Å². The summed E-state index contributed by atoms with van der Waals surface area (Å²) in [4.78, 5) is 24.0. The van der Waals surface area contributed by atoms with Crippen LogP contribution in [0.25, 0.3) is 16.7 Å². The van der Waals surface area contributed by atoms with Gasteiger partial charge in [0, 0.05) is 30.9 Å². The quantitative estimate of drug-likeness (QED) is 0.480. The van der Waals surface area contributed by atoms with Crippen LogP contribution in [-0.4, -0.2) is 38.7 Å². The van der Waals surface area contributed by atoms with Crippen LogP contribution in [-0.2, 0) is 11.3 Å². The number of halogens is 1. The molecule has 1 fully saturated rings. The lowest BCUT2D eigenvalue weighted by Gasteiger charge is -2.33. The zero-order chi connectivity index (χ0) is 22.8. The molecule has 5 rings (SSSR count). The molecule has 0 unspecified atom stereocenters. The van der Waals surface area contributed by atoms with E-state index in [1.54, 1.807) is 6.33 Å². The van der Waals surface area contributed by atoms with Crippen LogP contribution in [0, 0.1) is 12.8 Å². The Labute approximate surface area is 197 Å². The van der Waals surface area contributed by atoms with E-state index < -0.39 is 0 Å². The smallest absolute Gasteiger partial charge is 0.225 e. The highest BCUT2D eigenvalue weighted by atomic mass is 35.5. The lowest BCUT2D eigenvalue weighted by atomic mass is 9.97. The topological polar surface area (TPSA) is 75.9 Å². The first-order valence-corrected chi connectivity index (χ1v) is 11.5. The number of fused-ring (bicyclic) bond motifs is 1. The zero-order valence-corrected chi connectivity index (χ0v) is 19.2. The average molecular weight is 461 g/mol. The Morgan fingerprint density at radius 3 is 2.85 bits per heavy atom. The van der Waals surface area contributed by atoms with Gasteiger partial charge in [0.05, 0.1) is 17.0 Å². The number of anilines is 1. The van der Waals surface area contributed by atoms with Crippen molar-refractivity contribution < 1.29 is 4.79 Å². The molecule has 0 saturated carbocycles. The van der Waals surface area contributed by atoms with Gasteiger partial charge in [-0.1, -0.05) is 41.4 Å². The van der Waals surface area contributed by atoms with E-state index in [-0.39, 0.29) is 11.8 Å². The van der Waals surface area contributed by atoms with Gasteiger partial charge >= 0.3 is 0 Å². The van der Waals surface area contributed by atoms with Crippen LogP contribution in [0.5, 0.6) is 0 Å². The fourth-order valence-corrected chi connectivity index (χ4v) is 4.48. The number of carbonyl (C=O) groups is 1. The van der Waals surface area contributed by atoms with Crippen LogP contribution < -0.4 is 10.2 Å². The fraction of sp³-hybridized carbons (Fsp3) is 0.280. The molecule has 2 aromatic carbocycles. The van der Waals surface area contributed by atoms with E-state index in [2.05, 4.69) is 44.3 Å². The maximum absolute atomic E-state index is 12.9. The molecule has 1 atom stereocenters. The Bertz CT molecular complexity index is 1290. The summed E-state index contributed by atoms with van der Waals surface area (Å²) >= 11 is 6.05. The summed E-state index contributed by atoms with van der Waals surface area (Å²) in [5, 5.41) is 9.26. The monoisotopic (exact) mass is 460 g/mol. The number of amides is 1. The van der Waals surface area contributed by atoms with Gasteiger partial charge in [-0.15, -0.1) is 5.10 Å². The van der Waals surface area contributed by atoms with E-state index in [1.807, 2.05) is 47.3 Å². The molecule has 7 nitrogen and oxygen atoms in total. The minimum absolute atomic E-state index is 0.0559. The summed E-state index contributed by atoms with van der Waals surface area (Å²) in [6, 6.07) is 15.8. The highest BCUT2D eigenvalue weighted by Gasteiger charge is 2.28. The molecule has 0 spiro atoms. The first kappa shape index (κ1) is 21.4. The summed E-state index contributed by atoms with van der Waals surface area (Å²) in [6.45, 7) is 3.99. The predicted molar refractivity (Wildman–Crippen MR) is 130 cm³/mol. The van der Waals surface area contributed by atoms with Crippen molar-refractivity contribution in [3.8, 4) is 5.69 Å². The summed E-state index contributed by atoms with van der Waals surface area (Å²) < 4.78 is 1.83. The third-order valence-electron chi connectivity index (χ3n) is 6.04. The van der Waals surface area contributed by atoms with Crippen molar-refractivity contribution in [2.45, 2.75) is 26.3 Å². The van der Waals surface area contributed by atoms with Crippen molar-refractivity contribution in [3.63, 3.8) is 0 Å². The summed E-state index contributed by atoms with van der Waals surface area (Å²) in [5.41, 5.74) is 3.81. The fourth-order valence-electron chi connectivity index (χ4n) is 4.27. The van der Waals surface area contributed by atoms with Crippen LogP contribution in [0.3, 0.4) is 0 Å². The molecule has 168 valence electrons. The SMILES string of the molecule is Cc1ccc(-n2cc3c(N4CCC[C@@H](C(=O)NCc5cccc(Cl)c5)C4)ncnc3n2)cc1. The largest absolute Gasteiger partial charge is 0.355 e. The molecule has 0 aliphatic carbocycles. The molecule has 0 bridgehead atoms. The second kappa shape index (κ2) is 9.19. The van der Waals surface area contributed by atoms with Gasteiger partial charge in [0.2, 0.25) is 5.91 Å². The molecule has 1 N–H and O–H groups in total. The van der Waals surface area contributed by atoms with Crippen molar-refractivity contribution in [1.82, 2.24) is 25.1 Å². The minimum atomic E-state index is -0.102. The molecule has 1 aliphatic rings. The van der Waals surface area contributed by atoms with E-state index >= 15 is 0 Å². The highest BCUT2D eigenvalue weighted by Crippen LogP contribution is 2.28. The Hall–Kier alpha value is -3.45. The molecule has 3 heterocycles. The van der Waals surface area contributed by atoms with Gasteiger partial charge < -0.3 is 10.2 Å². The van der Waals surface area contributed by atoms with E-state index in [4.69, 9.17) is 11.6 Å². The summed E-state index contributed by atoms with van der Waals surface area (Å²) in [7, 11) is 0.